The summed E-state index contributed by atoms with van der Waals surface area (Å²) in [5.41, 5.74) is 0.421. The third-order valence-electron chi connectivity index (χ3n) is 3.98. The van der Waals surface area contributed by atoms with Crippen molar-refractivity contribution < 1.29 is 13.2 Å². The van der Waals surface area contributed by atoms with E-state index in [1.165, 1.54) is 12.5 Å². The van der Waals surface area contributed by atoms with Crippen LogP contribution in [-0.4, -0.2) is 31.3 Å². The van der Waals surface area contributed by atoms with Gasteiger partial charge in [-0.25, -0.2) is 0 Å². The van der Waals surface area contributed by atoms with Crippen molar-refractivity contribution >= 4 is 50.1 Å². The van der Waals surface area contributed by atoms with Gasteiger partial charge in [0.25, 0.3) is 10.0 Å². The molecule has 0 radical (unpaired) electrons. The standard InChI is InChI=1S/C15H18ClN3O3S2/c16-10-6-7-12-13(8-10)24(21,22)19-15(18-12)23-9-14(20)17-11-4-2-1-3-5-11/h6-8,11H,1-5,9H2,(H,17,20)(H,18,19). The molecular formula is C15H18ClN3O3S2. The lowest BCUT2D eigenvalue weighted by molar-refractivity contribution is -0.119. The van der Waals surface area contributed by atoms with Crippen molar-refractivity contribution in [1.82, 2.24) is 5.32 Å². The molecule has 1 aromatic rings. The molecule has 0 bridgehead atoms. The molecule has 0 aromatic heterocycles. The zero-order chi connectivity index (χ0) is 17.2. The molecule has 9 heteroatoms. The van der Waals surface area contributed by atoms with Crippen molar-refractivity contribution in [2.24, 2.45) is 4.40 Å². The minimum absolute atomic E-state index is 0.0472. The Kier molecular flexibility index (Phi) is 5.36. The van der Waals surface area contributed by atoms with Gasteiger partial charge in [-0.1, -0.05) is 42.6 Å². The van der Waals surface area contributed by atoms with Crippen LogP contribution in [0.1, 0.15) is 32.1 Å². The Hall–Kier alpha value is -1.25. The van der Waals surface area contributed by atoms with Crippen molar-refractivity contribution in [3.8, 4) is 0 Å². The molecule has 1 heterocycles. The van der Waals surface area contributed by atoms with Crippen LogP contribution in [0, 0.1) is 0 Å². The van der Waals surface area contributed by atoms with Gasteiger partial charge in [-0.2, -0.15) is 8.42 Å². The Morgan fingerprint density at radius 1 is 1.33 bits per heavy atom. The number of rotatable bonds is 3. The molecule has 1 fully saturated rings. The van der Waals surface area contributed by atoms with E-state index in [2.05, 4.69) is 15.0 Å². The van der Waals surface area contributed by atoms with Gasteiger partial charge in [0.2, 0.25) is 5.91 Å². The van der Waals surface area contributed by atoms with Gasteiger partial charge in [0, 0.05) is 11.1 Å². The molecule has 1 aromatic carbocycles. The van der Waals surface area contributed by atoms with E-state index < -0.39 is 10.0 Å². The van der Waals surface area contributed by atoms with Gasteiger partial charge in [0.1, 0.15) is 4.90 Å². The maximum Gasteiger partial charge on any atom is 0.286 e. The van der Waals surface area contributed by atoms with Crippen LogP contribution in [0.4, 0.5) is 5.69 Å². The smallest absolute Gasteiger partial charge is 0.286 e. The molecule has 1 aliphatic heterocycles. The molecule has 1 aliphatic carbocycles. The fraction of sp³-hybridized carbons (Fsp3) is 0.467. The number of halogens is 1. The van der Waals surface area contributed by atoms with Crippen LogP contribution < -0.4 is 10.6 Å². The van der Waals surface area contributed by atoms with E-state index in [4.69, 9.17) is 11.6 Å². The molecule has 0 saturated heterocycles. The summed E-state index contributed by atoms with van der Waals surface area (Å²) < 4.78 is 28.1. The summed E-state index contributed by atoms with van der Waals surface area (Å²) in [5, 5.41) is 6.46. The zero-order valence-electron chi connectivity index (χ0n) is 12.9. The Balaban J connectivity index is 1.61. The number of amidine groups is 1. The first kappa shape index (κ1) is 17.6. The van der Waals surface area contributed by atoms with E-state index in [1.54, 1.807) is 12.1 Å². The van der Waals surface area contributed by atoms with E-state index >= 15 is 0 Å². The van der Waals surface area contributed by atoms with E-state index in [0.29, 0.717) is 10.7 Å². The van der Waals surface area contributed by atoms with Gasteiger partial charge in [0.05, 0.1) is 11.4 Å². The lowest BCUT2D eigenvalue weighted by Gasteiger charge is -2.23. The highest BCUT2D eigenvalue weighted by Gasteiger charge is 2.26. The maximum absolute atomic E-state index is 12.2. The summed E-state index contributed by atoms with van der Waals surface area (Å²) in [5.74, 6) is 0.0246. The number of benzene rings is 1. The fourth-order valence-corrected chi connectivity index (χ4v) is 5.13. The Bertz CT molecular complexity index is 774. The minimum atomic E-state index is -3.80. The van der Waals surface area contributed by atoms with Crippen LogP contribution in [0.2, 0.25) is 5.02 Å². The van der Waals surface area contributed by atoms with Crippen LogP contribution in [0.5, 0.6) is 0 Å². The number of fused-ring (bicyclic) bond motifs is 1. The average molecular weight is 388 g/mol. The number of amides is 1. The molecule has 0 atom stereocenters. The number of sulfonamides is 1. The SMILES string of the molecule is O=C(CSC1=NS(=O)(=O)c2cc(Cl)ccc2N1)NC1CCCCC1. The molecule has 24 heavy (non-hydrogen) atoms. The van der Waals surface area contributed by atoms with Crippen LogP contribution in [-0.2, 0) is 14.8 Å². The van der Waals surface area contributed by atoms with E-state index in [9.17, 15) is 13.2 Å². The lowest BCUT2D eigenvalue weighted by Crippen LogP contribution is -2.37. The number of hydrogen-bond donors (Lipinski definition) is 2. The Labute approximate surface area is 150 Å². The first-order chi connectivity index (χ1) is 11.4. The van der Waals surface area contributed by atoms with Crippen LogP contribution >= 0.6 is 23.4 Å². The summed E-state index contributed by atoms with van der Waals surface area (Å²) >= 11 is 6.92. The normalized spacial score (nSPS) is 19.8. The predicted octanol–water partition coefficient (Wildman–Crippen LogP) is 2.99. The maximum atomic E-state index is 12.2. The molecule has 2 N–H and O–H groups in total. The largest absolute Gasteiger partial charge is 0.353 e. The lowest BCUT2D eigenvalue weighted by atomic mass is 9.95. The number of carbonyl (C=O) groups excluding carboxylic acids is 1. The number of nitrogens with one attached hydrogen (secondary N) is 2. The van der Waals surface area contributed by atoms with Crippen molar-refractivity contribution in [3.05, 3.63) is 23.2 Å². The Morgan fingerprint density at radius 3 is 2.83 bits per heavy atom. The van der Waals surface area contributed by atoms with E-state index in [1.807, 2.05) is 0 Å². The molecule has 1 amide bonds. The average Bonchev–Trinajstić information content (AvgIpc) is 2.54. The first-order valence-corrected chi connectivity index (χ1v) is 10.6. The molecule has 130 valence electrons. The van der Waals surface area contributed by atoms with Crippen molar-refractivity contribution in [1.29, 1.82) is 0 Å². The molecule has 0 spiro atoms. The molecular weight excluding hydrogens is 370 g/mol. The van der Waals surface area contributed by atoms with Gasteiger partial charge in [-0.05, 0) is 31.0 Å². The molecule has 1 saturated carbocycles. The highest BCUT2D eigenvalue weighted by atomic mass is 35.5. The van der Waals surface area contributed by atoms with E-state index in [0.717, 1.165) is 37.4 Å². The number of hydrogen-bond acceptors (Lipinski definition) is 5. The monoisotopic (exact) mass is 387 g/mol. The van der Waals surface area contributed by atoms with Gasteiger partial charge in [-0.15, -0.1) is 4.40 Å². The van der Waals surface area contributed by atoms with Crippen molar-refractivity contribution in [2.75, 3.05) is 11.1 Å². The first-order valence-electron chi connectivity index (χ1n) is 7.78. The summed E-state index contributed by atoms with van der Waals surface area (Å²) in [4.78, 5) is 12.1. The van der Waals surface area contributed by atoms with Crippen LogP contribution in [0.25, 0.3) is 0 Å². The highest BCUT2D eigenvalue weighted by molar-refractivity contribution is 8.15. The van der Waals surface area contributed by atoms with Crippen LogP contribution in [0.3, 0.4) is 0 Å². The second kappa shape index (κ2) is 7.33. The highest BCUT2D eigenvalue weighted by Crippen LogP contribution is 2.31. The summed E-state index contributed by atoms with van der Waals surface area (Å²) in [7, 11) is -3.80. The Morgan fingerprint density at radius 2 is 2.08 bits per heavy atom. The second-order valence-electron chi connectivity index (χ2n) is 5.83. The van der Waals surface area contributed by atoms with Crippen LogP contribution in [0.15, 0.2) is 27.5 Å². The number of thioether (sulfide) groups is 1. The van der Waals surface area contributed by atoms with E-state index in [-0.39, 0.29) is 27.8 Å². The second-order valence-corrected chi connectivity index (χ2v) is 8.80. The van der Waals surface area contributed by atoms with Crippen molar-refractivity contribution in [3.63, 3.8) is 0 Å². The van der Waals surface area contributed by atoms with Gasteiger partial charge >= 0.3 is 0 Å². The molecule has 6 nitrogen and oxygen atoms in total. The number of nitrogens with zero attached hydrogens (tertiary/aromatic N) is 1. The summed E-state index contributed by atoms with van der Waals surface area (Å²) in [6, 6.07) is 4.79. The molecule has 3 rings (SSSR count). The molecule has 2 aliphatic rings. The summed E-state index contributed by atoms with van der Waals surface area (Å²) in [6.07, 6.45) is 5.53. The fourth-order valence-electron chi connectivity index (χ4n) is 2.82. The topological polar surface area (TPSA) is 87.6 Å². The van der Waals surface area contributed by atoms with Crippen molar-refractivity contribution in [2.45, 2.75) is 43.0 Å². The number of carbonyl (C=O) groups is 1. The minimum Gasteiger partial charge on any atom is -0.353 e. The van der Waals surface area contributed by atoms with Gasteiger partial charge < -0.3 is 10.6 Å². The summed E-state index contributed by atoms with van der Waals surface area (Å²) in [6.45, 7) is 0. The third-order valence-corrected chi connectivity index (χ3v) is 6.52. The molecule has 0 unspecified atom stereocenters. The zero-order valence-corrected chi connectivity index (χ0v) is 15.3. The third kappa shape index (κ3) is 4.23. The van der Waals surface area contributed by atoms with Gasteiger partial charge in [-0.3, -0.25) is 4.79 Å². The predicted molar refractivity (Wildman–Crippen MR) is 97.2 cm³/mol. The number of anilines is 1. The quantitative estimate of drug-likeness (QED) is 0.832. The van der Waals surface area contributed by atoms with Gasteiger partial charge in [0.15, 0.2) is 5.17 Å².